The van der Waals surface area contributed by atoms with E-state index in [4.69, 9.17) is 5.73 Å². The molecule has 0 fully saturated rings. The fraction of sp³-hybridized carbons (Fsp3) is 0.692. The fourth-order valence-corrected chi connectivity index (χ4v) is 1.75. The number of nitrogens with two attached hydrogens (primary N) is 1. The highest BCUT2D eigenvalue weighted by molar-refractivity contribution is 5.39. The van der Waals surface area contributed by atoms with Crippen LogP contribution in [-0.2, 0) is 6.42 Å². The van der Waals surface area contributed by atoms with Crippen LogP contribution < -0.4 is 10.6 Å². The van der Waals surface area contributed by atoms with Gasteiger partial charge in [-0.3, -0.25) is 0 Å². The summed E-state index contributed by atoms with van der Waals surface area (Å²) in [6, 6.07) is 2.02. The van der Waals surface area contributed by atoms with Gasteiger partial charge >= 0.3 is 0 Å². The van der Waals surface area contributed by atoms with Gasteiger partial charge in [-0.1, -0.05) is 20.8 Å². The topological polar surface area (TPSA) is 55.0 Å². The summed E-state index contributed by atoms with van der Waals surface area (Å²) >= 11 is 0. The summed E-state index contributed by atoms with van der Waals surface area (Å²) in [5.74, 6) is 1.88. The van der Waals surface area contributed by atoms with Gasteiger partial charge in [0, 0.05) is 31.8 Å². The monoisotopic (exact) mass is 236 g/mol. The maximum absolute atomic E-state index is 5.76. The molecule has 0 amide bonds. The van der Waals surface area contributed by atoms with Gasteiger partial charge in [-0.2, -0.15) is 0 Å². The van der Waals surface area contributed by atoms with E-state index in [2.05, 4.69) is 42.7 Å². The second-order valence-electron chi connectivity index (χ2n) is 5.36. The number of rotatable bonds is 5. The van der Waals surface area contributed by atoms with Gasteiger partial charge in [0.2, 0.25) is 0 Å². The summed E-state index contributed by atoms with van der Waals surface area (Å²) in [6.07, 6.45) is 0.864. The molecular formula is C13H24N4. The van der Waals surface area contributed by atoms with Crippen LogP contribution in [0.2, 0.25) is 0 Å². The first kappa shape index (κ1) is 13.9. The molecule has 0 spiro atoms. The Morgan fingerprint density at radius 3 is 2.53 bits per heavy atom. The average molecular weight is 236 g/mol. The lowest BCUT2D eigenvalue weighted by Crippen LogP contribution is -2.37. The van der Waals surface area contributed by atoms with Crippen molar-refractivity contribution in [1.82, 2.24) is 9.97 Å². The summed E-state index contributed by atoms with van der Waals surface area (Å²) in [5.41, 5.74) is 6.87. The number of anilines is 1. The van der Waals surface area contributed by atoms with Crippen LogP contribution in [0.15, 0.2) is 6.07 Å². The van der Waals surface area contributed by atoms with E-state index in [9.17, 15) is 0 Å². The molecule has 1 rings (SSSR count). The predicted octanol–water partition coefficient (Wildman–Crippen LogP) is 1.77. The van der Waals surface area contributed by atoms with Gasteiger partial charge in [-0.15, -0.1) is 0 Å². The zero-order chi connectivity index (χ0) is 13.1. The Bertz CT molecular complexity index is 374. The second-order valence-corrected chi connectivity index (χ2v) is 5.36. The van der Waals surface area contributed by atoms with Crippen molar-refractivity contribution >= 4 is 5.82 Å². The molecule has 17 heavy (non-hydrogen) atoms. The summed E-state index contributed by atoms with van der Waals surface area (Å²) < 4.78 is 0. The normalized spacial score (nSPS) is 11.6. The van der Waals surface area contributed by atoms with Crippen molar-refractivity contribution in [1.29, 1.82) is 0 Å². The van der Waals surface area contributed by atoms with E-state index >= 15 is 0 Å². The minimum Gasteiger partial charge on any atom is -0.359 e. The first-order valence-electron chi connectivity index (χ1n) is 6.13. The van der Waals surface area contributed by atoms with Gasteiger partial charge in [-0.05, 0) is 18.9 Å². The molecule has 0 atom stereocenters. The molecule has 0 radical (unpaired) electrons. The van der Waals surface area contributed by atoms with Crippen LogP contribution in [0.4, 0.5) is 5.82 Å². The summed E-state index contributed by atoms with van der Waals surface area (Å²) in [4.78, 5) is 11.1. The van der Waals surface area contributed by atoms with Crippen molar-refractivity contribution in [3.63, 3.8) is 0 Å². The van der Waals surface area contributed by atoms with E-state index in [-0.39, 0.29) is 5.41 Å². The van der Waals surface area contributed by atoms with Gasteiger partial charge in [0.1, 0.15) is 11.6 Å². The van der Waals surface area contributed by atoms with E-state index in [1.807, 2.05) is 13.0 Å². The quantitative estimate of drug-likeness (QED) is 0.846. The SMILES string of the molecule is CCc1nc(C)cc(N(C)CC(C)(C)CN)n1. The van der Waals surface area contributed by atoms with Crippen molar-refractivity contribution in [3.8, 4) is 0 Å². The molecule has 0 aliphatic rings. The number of aromatic nitrogens is 2. The molecule has 4 heteroatoms. The first-order chi connectivity index (χ1) is 7.88. The summed E-state index contributed by atoms with van der Waals surface area (Å²) in [7, 11) is 2.05. The summed E-state index contributed by atoms with van der Waals surface area (Å²) in [5, 5.41) is 0. The van der Waals surface area contributed by atoms with E-state index < -0.39 is 0 Å². The number of aryl methyl sites for hydroxylation is 2. The minimum absolute atomic E-state index is 0.0972. The zero-order valence-electron chi connectivity index (χ0n) is 11.6. The second kappa shape index (κ2) is 5.45. The highest BCUT2D eigenvalue weighted by atomic mass is 15.2. The Morgan fingerprint density at radius 1 is 1.35 bits per heavy atom. The molecule has 0 saturated heterocycles. The Labute approximate surface area is 104 Å². The van der Waals surface area contributed by atoms with Gasteiger partial charge in [0.05, 0.1) is 0 Å². The van der Waals surface area contributed by atoms with Crippen LogP contribution in [0.1, 0.15) is 32.3 Å². The van der Waals surface area contributed by atoms with Gasteiger partial charge in [-0.25, -0.2) is 9.97 Å². The maximum Gasteiger partial charge on any atom is 0.132 e. The van der Waals surface area contributed by atoms with Crippen LogP contribution in [0.5, 0.6) is 0 Å². The average Bonchev–Trinajstić information content (AvgIpc) is 2.27. The van der Waals surface area contributed by atoms with Crippen molar-refractivity contribution in [2.75, 3.05) is 25.0 Å². The van der Waals surface area contributed by atoms with E-state index in [1.165, 1.54) is 0 Å². The lowest BCUT2D eigenvalue weighted by Gasteiger charge is -2.30. The largest absolute Gasteiger partial charge is 0.359 e. The Hall–Kier alpha value is -1.16. The van der Waals surface area contributed by atoms with E-state index in [0.29, 0.717) is 6.54 Å². The Balaban J connectivity index is 2.88. The molecule has 4 nitrogen and oxygen atoms in total. The van der Waals surface area contributed by atoms with Gasteiger partial charge in [0.25, 0.3) is 0 Å². The molecule has 1 aromatic rings. The number of hydrogen-bond donors (Lipinski definition) is 1. The molecule has 0 unspecified atom stereocenters. The van der Waals surface area contributed by atoms with Crippen molar-refractivity contribution in [2.45, 2.75) is 34.1 Å². The van der Waals surface area contributed by atoms with Crippen LogP contribution in [0.25, 0.3) is 0 Å². The highest BCUT2D eigenvalue weighted by Crippen LogP contribution is 2.19. The first-order valence-corrected chi connectivity index (χ1v) is 6.13. The number of nitrogens with zero attached hydrogens (tertiary/aromatic N) is 3. The lowest BCUT2D eigenvalue weighted by molar-refractivity contribution is 0.384. The third kappa shape index (κ3) is 3.97. The smallest absolute Gasteiger partial charge is 0.132 e. The Morgan fingerprint density at radius 2 is 2.00 bits per heavy atom. The molecular weight excluding hydrogens is 212 g/mol. The van der Waals surface area contributed by atoms with Crippen molar-refractivity contribution in [3.05, 3.63) is 17.6 Å². The Kier molecular flexibility index (Phi) is 4.46. The molecule has 96 valence electrons. The van der Waals surface area contributed by atoms with Crippen LogP contribution >= 0.6 is 0 Å². The van der Waals surface area contributed by atoms with Crippen LogP contribution in [0, 0.1) is 12.3 Å². The van der Waals surface area contributed by atoms with Gasteiger partial charge in [0.15, 0.2) is 0 Å². The standard InChI is InChI=1S/C13H24N4/c1-6-11-15-10(2)7-12(16-11)17(5)9-13(3,4)8-14/h7H,6,8-9,14H2,1-5H3. The van der Waals surface area contributed by atoms with Crippen LogP contribution in [-0.4, -0.2) is 30.1 Å². The molecule has 2 N–H and O–H groups in total. The van der Waals surface area contributed by atoms with Crippen molar-refractivity contribution < 1.29 is 0 Å². The minimum atomic E-state index is 0.0972. The molecule has 0 aromatic carbocycles. The van der Waals surface area contributed by atoms with Crippen LogP contribution in [0.3, 0.4) is 0 Å². The maximum atomic E-state index is 5.76. The lowest BCUT2D eigenvalue weighted by atomic mass is 9.93. The molecule has 0 aliphatic heterocycles. The fourth-order valence-electron chi connectivity index (χ4n) is 1.75. The van der Waals surface area contributed by atoms with E-state index in [1.54, 1.807) is 0 Å². The molecule has 0 aliphatic carbocycles. The molecule has 1 heterocycles. The van der Waals surface area contributed by atoms with Crippen molar-refractivity contribution in [2.24, 2.45) is 11.1 Å². The zero-order valence-corrected chi connectivity index (χ0v) is 11.6. The number of hydrogen-bond acceptors (Lipinski definition) is 4. The summed E-state index contributed by atoms with van der Waals surface area (Å²) in [6.45, 7) is 9.97. The highest BCUT2D eigenvalue weighted by Gasteiger charge is 2.19. The molecule has 0 bridgehead atoms. The molecule has 1 aromatic heterocycles. The van der Waals surface area contributed by atoms with Gasteiger partial charge < -0.3 is 10.6 Å². The third-order valence-corrected chi connectivity index (χ3v) is 2.81. The molecule has 0 saturated carbocycles. The predicted molar refractivity (Wildman–Crippen MR) is 72.3 cm³/mol. The van der Waals surface area contributed by atoms with E-state index in [0.717, 1.165) is 30.3 Å². The third-order valence-electron chi connectivity index (χ3n) is 2.81.